The van der Waals surface area contributed by atoms with Crippen LogP contribution in [0.15, 0.2) is 18.2 Å². The summed E-state index contributed by atoms with van der Waals surface area (Å²) in [4.78, 5) is 14.3. The smallest absolute Gasteiger partial charge is 0.161 e. The van der Waals surface area contributed by atoms with Crippen LogP contribution in [-0.4, -0.2) is 44.0 Å². The fraction of sp³-hybridized carbons (Fsp3) is 0.650. The van der Waals surface area contributed by atoms with Crippen molar-refractivity contribution < 1.29 is 14.3 Å². The molecule has 0 unspecified atom stereocenters. The summed E-state index contributed by atoms with van der Waals surface area (Å²) in [6, 6.07) is 6.75. The second kappa shape index (κ2) is 6.07. The molecule has 1 saturated heterocycles. The molecule has 0 aromatic heterocycles. The van der Waals surface area contributed by atoms with Gasteiger partial charge in [0.15, 0.2) is 11.5 Å². The number of ether oxygens (including phenoxy) is 2. The minimum absolute atomic E-state index is 0.0883. The molecule has 1 heterocycles. The van der Waals surface area contributed by atoms with Crippen molar-refractivity contribution in [3.63, 3.8) is 0 Å². The number of rotatable bonds is 5. The first-order valence-electron chi connectivity index (χ1n) is 9.15. The zero-order chi connectivity index (χ0) is 16.7. The molecule has 0 radical (unpaired) electrons. The molecule has 2 atom stereocenters. The molecular weight excluding hydrogens is 302 g/mol. The zero-order valence-electron chi connectivity index (χ0n) is 14.7. The Balaban J connectivity index is 1.63. The van der Waals surface area contributed by atoms with E-state index in [4.69, 9.17) is 9.47 Å². The van der Waals surface area contributed by atoms with Crippen molar-refractivity contribution in [1.82, 2.24) is 4.90 Å². The molecule has 24 heavy (non-hydrogen) atoms. The lowest BCUT2D eigenvalue weighted by Crippen LogP contribution is -2.46. The number of carbonyl (C=O) groups excluding carboxylic acids is 1. The minimum Gasteiger partial charge on any atom is -0.493 e. The fourth-order valence-electron chi connectivity index (χ4n) is 4.51. The molecule has 1 aromatic carbocycles. The molecule has 0 N–H and O–H groups in total. The van der Waals surface area contributed by atoms with E-state index in [-0.39, 0.29) is 5.41 Å². The highest BCUT2D eigenvalue weighted by molar-refractivity contribution is 5.81. The summed E-state index contributed by atoms with van der Waals surface area (Å²) in [5, 5.41) is 0. The van der Waals surface area contributed by atoms with Crippen LogP contribution in [0.2, 0.25) is 0 Å². The van der Waals surface area contributed by atoms with E-state index in [1.807, 2.05) is 0 Å². The number of carbonyl (C=O) groups is 1. The van der Waals surface area contributed by atoms with Gasteiger partial charge in [0, 0.05) is 24.3 Å². The number of hydrogen-bond donors (Lipinski definition) is 0. The molecule has 3 aliphatic rings. The largest absolute Gasteiger partial charge is 0.493 e. The summed E-state index contributed by atoms with van der Waals surface area (Å²) >= 11 is 0. The Hall–Kier alpha value is -1.55. The van der Waals surface area contributed by atoms with Gasteiger partial charge in [-0.3, -0.25) is 4.79 Å². The van der Waals surface area contributed by atoms with Crippen LogP contribution >= 0.6 is 0 Å². The van der Waals surface area contributed by atoms with Crippen molar-refractivity contribution in [3.8, 4) is 11.5 Å². The first kappa shape index (κ1) is 15.9. The third-order valence-electron chi connectivity index (χ3n) is 6.26. The van der Waals surface area contributed by atoms with Crippen molar-refractivity contribution >= 4 is 5.78 Å². The van der Waals surface area contributed by atoms with Gasteiger partial charge in [-0.25, -0.2) is 0 Å². The highest BCUT2D eigenvalue weighted by atomic mass is 16.5. The van der Waals surface area contributed by atoms with Crippen LogP contribution in [0.1, 0.15) is 44.1 Å². The maximum atomic E-state index is 12.0. The lowest BCUT2D eigenvalue weighted by Gasteiger charge is -2.41. The normalized spacial score (nSPS) is 30.2. The van der Waals surface area contributed by atoms with Crippen LogP contribution in [0.25, 0.3) is 0 Å². The summed E-state index contributed by atoms with van der Waals surface area (Å²) in [5.74, 6) is 2.80. The van der Waals surface area contributed by atoms with Crippen LogP contribution in [0.5, 0.6) is 11.5 Å². The Morgan fingerprint density at radius 2 is 2.08 bits per heavy atom. The second-order valence-electron chi connectivity index (χ2n) is 7.77. The summed E-state index contributed by atoms with van der Waals surface area (Å²) < 4.78 is 11.6. The van der Waals surface area contributed by atoms with Crippen molar-refractivity contribution in [2.24, 2.45) is 5.92 Å². The number of ketones is 1. The van der Waals surface area contributed by atoms with Gasteiger partial charge in [-0.2, -0.15) is 0 Å². The number of nitrogens with zero attached hydrogens (tertiary/aromatic N) is 1. The molecule has 1 aliphatic heterocycles. The molecule has 0 amide bonds. The van der Waals surface area contributed by atoms with E-state index in [0.717, 1.165) is 43.4 Å². The third-order valence-corrected chi connectivity index (χ3v) is 6.26. The first-order valence-corrected chi connectivity index (χ1v) is 9.15. The first-order chi connectivity index (χ1) is 11.6. The summed E-state index contributed by atoms with van der Waals surface area (Å²) in [5.41, 5.74) is 1.39. The Morgan fingerprint density at radius 3 is 2.83 bits per heavy atom. The van der Waals surface area contributed by atoms with Gasteiger partial charge in [0.1, 0.15) is 5.78 Å². The van der Waals surface area contributed by atoms with Gasteiger partial charge in [-0.15, -0.1) is 0 Å². The van der Waals surface area contributed by atoms with Crippen molar-refractivity contribution in [2.75, 3.05) is 27.3 Å². The van der Waals surface area contributed by atoms with Crippen LogP contribution in [0, 0.1) is 5.92 Å². The quantitative estimate of drug-likeness (QED) is 0.832. The highest BCUT2D eigenvalue weighted by Gasteiger charge is 2.50. The lowest BCUT2D eigenvalue weighted by atomic mass is 9.66. The highest BCUT2D eigenvalue weighted by Crippen LogP contribution is 2.49. The lowest BCUT2D eigenvalue weighted by molar-refractivity contribution is -0.122. The molecule has 1 aromatic rings. The average Bonchev–Trinajstić information content (AvgIpc) is 3.37. The maximum absolute atomic E-state index is 12.0. The van der Waals surface area contributed by atoms with E-state index in [9.17, 15) is 4.79 Å². The fourth-order valence-corrected chi connectivity index (χ4v) is 4.51. The van der Waals surface area contributed by atoms with E-state index in [1.54, 1.807) is 7.11 Å². The summed E-state index contributed by atoms with van der Waals surface area (Å²) in [6.07, 6.45) is 6.02. The SMILES string of the molecule is COc1cc([C@@]23CCC(=O)C[C@@H]2N(C)CC3)ccc1OCC1CC1. The molecule has 4 nitrogen and oxygen atoms in total. The van der Waals surface area contributed by atoms with E-state index < -0.39 is 0 Å². The van der Waals surface area contributed by atoms with Crippen LogP contribution < -0.4 is 9.47 Å². The van der Waals surface area contributed by atoms with Crippen molar-refractivity contribution in [3.05, 3.63) is 23.8 Å². The Labute approximate surface area is 144 Å². The van der Waals surface area contributed by atoms with Crippen LogP contribution in [-0.2, 0) is 10.2 Å². The third kappa shape index (κ3) is 2.71. The summed E-state index contributed by atoms with van der Waals surface area (Å²) in [7, 11) is 3.86. The molecule has 3 fully saturated rings. The zero-order valence-corrected chi connectivity index (χ0v) is 14.7. The van der Waals surface area contributed by atoms with E-state index in [1.165, 1.54) is 18.4 Å². The van der Waals surface area contributed by atoms with Crippen molar-refractivity contribution in [1.29, 1.82) is 0 Å². The predicted octanol–water partition coefficient (Wildman–Crippen LogP) is 3.18. The predicted molar refractivity (Wildman–Crippen MR) is 92.8 cm³/mol. The number of likely N-dealkylation sites (tertiary alicyclic amines) is 1. The number of Topliss-reactive ketones (excluding diaryl/α,β-unsaturated/α-hetero) is 1. The van der Waals surface area contributed by atoms with E-state index >= 15 is 0 Å². The van der Waals surface area contributed by atoms with Gasteiger partial charge in [0.2, 0.25) is 0 Å². The molecule has 0 spiro atoms. The number of methoxy groups -OCH3 is 1. The average molecular weight is 329 g/mol. The maximum Gasteiger partial charge on any atom is 0.161 e. The number of benzene rings is 1. The number of fused-ring (bicyclic) bond motifs is 1. The van der Waals surface area contributed by atoms with Gasteiger partial charge in [0.05, 0.1) is 13.7 Å². The minimum atomic E-state index is 0.0883. The summed E-state index contributed by atoms with van der Waals surface area (Å²) in [6.45, 7) is 1.85. The molecule has 130 valence electrons. The monoisotopic (exact) mass is 329 g/mol. The Morgan fingerprint density at radius 1 is 1.25 bits per heavy atom. The van der Waals surface area contributed by atoms with Gasteiger partial charge in [-0.1, -0.05) is 6.07 Å². The topological polar surface area (TPSA) is 38.8 Å². The van der Waals surface area contributed by atoms with Crippen LogP contribution in [0.4, 0.5) is 0 Å². The van der Waals surface area contributed by atoms with Gasteiger partial charge in [0.25, 0.3) is 0 Å². The van der Waals surface area contributed by atoms with Crippen molar-refractivity contribution in [2.45, 2.75) is 50.0 Å². The standard InChI is InChI=1S/C20H27NO3/c1-21-10-9-20(8-7-16(22)12-19(20)21)15-5-6-17(18(11-15)23-2)24-13-14-3-4-14/h5-6,11,14,19H,3-4,7-10,12-13H2,1-2H3/t19-,20-/m0/s1. The second-order valence-corrected chi connectivity index (χ2v) is 7.77. The number of likely N-dealkylation sites (N-methyl/N-ethyl adjacent to an activating group) is 1. The molecule has 2 saturated carbocycles. The molecule has 4 rings (SSSR count). The molecule has 2 aliphatic carbocycles. The Bertz CT molecular complexity index is 640. The van der Waals surface area contributed by atoms with Gasteiger partial charge in [-0.05, 0) is 62.9 Å². The molecule has 0 bridgehead atoms. The number of hydrogen-bond acceptors (Lipinski definition) is 4. The van der Waals surface area contributed by atoms with E-state index in [0.29, 0.717) is 24.7 Å². The van der Waals surface area contributed by atoms with Gasteiger partial charge < -0.3 is 14.4 Å². The molecule has 4 heteroatoms. The Kier molecular flexibility index (Phi) is 4.03. The molecular formula is C20H27NO3. The van der Waals surface area contributed by atoms with Crippen LogP contribution in [0.3, 0.4) is 0 Å². The van der Waals surface area contributed by atoms with E-state index in [2.05, 4.69) is 30.1 Å². The van der Waals surface area contributed by atoms with Gasteiger partial charge >= 0.3 is 0 Å².